The normalized spacial score (nSPS) is 13.4. The molecule has 0 aromatic carbocycles. The van der Waals surface area contributed by atoms with Crippen molar-refractivity contribution in [1.82, 2.24) is 4.98 Å². The topological polar surface area (TPSA) is 79.3 Å². The van der Waals surface area contributed by atoms with Gasteiger partial charge in [-0.3, -0.25) is 15.1 Å². The fourth-order valence-electron chi connectivity index (χ4n) is 1.28. The van der Waals surface area contributed by atoms with E-state index in [1.54, 1.807) is 17.5 Å². The minimum atomic E-state index is -4.52. The first-order chi connectivity index (χ1) is 9.79. The molecule has 0 fully saturated rings. The summed E-state index contributed by atoms with van der Waals surface area (Å²) in [5.41, 5.74) is -1.21. The van der Waals surface area contributed by atoms with E-state index < -0.39 is 17.8 Å². The largest absolute Gasteiger partial charge is 0.465 e. The van der Waals surface area contributed by atoms with E-state index in [9.17, 15) is 22.8 Å². The van der Waals surface area contributed by atoms with Crippen LogP contribution in [0.5, 0.6) is 0 Å². The van der Waals surface area contributed by atoms with Gasteiger partial charge in [0.25, 0.3) is 0 Å². The van der Waals surface area contributed by atoms with E-state index in [0.717, 1.165) is 6.20 Å². The number of alkyl halides is 3. The molecule has 5 nitrogen and oxygen atoms in total. The molecule has 1 aromatic heterocycles. The first-order valence-electron chi connectivity index (χ1n) is 5.67. The third kappa shape index (κ3) is 6.37. The summed E-state index contributed by atoms with van der Waals surface area (Å²) >= 11 is 0. The van der Waals surface area contributed by atoms with E-state index in [-0.39, 0.29) is 11.5 Å². The molecule has 1 aromatic rings. The van der Waals surface area contributed by atoms with E-state index in [1.807, 2.05) is 12.2 Å². The van der Waals surface area contributed by atoms with Crippen LogP contribution in [0.15, 0.2) is 42.8 Å². The summed E-state index contributed by atoms with van der Waals surface area (Å²) in [6, 6.07) is 0.668. The number of anilines is 1. The first kappa shape index (κ1) is 16.4. The summed E-state index contributed by atoms with van der Waals surface area (Å²) in [5, 5.41) is 10.0. The van der Waals surface area contributed by atoms with E-state index in [2.05, 4.69) is 4.98 Å². The quantitative estimate of drug-likeness (QED) is 0.834. The number of hydrogen-bond donors (Lipinski definition) is 2. The molecule has 0 spiro atoms. The number of ketones is 1. The minimum absolute atomic E-state index is 0.197. The number of halogens is 3. The average Bonchev–Trinajstić information content (AvgIpc) is 2.39. The highest BCUT2D eigenvalue weighted by atomic mass is 19.4. The molecule has 0 bridgehead atoms. The summed E-state index contributed by atoms with van der Waals surface area (Å²) < 4.78 is 36.3. The van der Waals surface area contributed by atoms with Gasteiger partial charge in [-0.15, -0.1) is 0 Å². The third-order valence-corrected chi connectivity index (χ3v) is 2.17. The van der Waals surface area contributed by atoms with Crippen LogP contribution in [0.25, 0.3) is 0 Å². The zero-order valence-corrected chi connectivity index (χ0v) is 10.6. The number of pyridine rings is 1. The predicted molar refractivity (Wildman–Crippen MR) is 68.8 cm³/mol. The van der Waals surface area contributed by atoms with Gasteiger partial charge in [-0.1, -0.05) is 18.2 Å². The van der Waals surface area contributed by atoms with Gasteiger partial charge >= 0.3 is 12.3 Å². The van der Waals surface area contributed by atoms with Crippen LogP contribution in [0, 0.1) is 0 Å². The second-order valence-corrected chi connectivity index (χ2v) is 3.85. The van der Waals surface area contributed by atoms with Crippen LogP contribution in [-0.4, -0.2) is 22.0 Å². The number of carboxylic acid groups (broad SMARTS) is 1. The molecular weight excluding hydrogens is 289 g/mol. The van der Waals surface area contributed by atoms with Crippen LogP contribution < -0.4 is 5.32 Å². The molecule has 0 atom stereocenters. The summed E-state index contributed by atoms with van der Waals surface area (Å²) in [6.07, 6.45) is 3.29. The fraction of sp³-hybridized carbons (Fsp3) is 0.154. The highest BCUT2D eigenvalue weighted by molar-refractivity contribution is 5.92. The van der Waals surface area contributed by atoms with Crippen molar-refractivity contribution in [1.29, 1.82) is 0 Å². The van der Waals surface area contributed by atoms with Crippen LogP contribution >= 0.6 is 0 Å². The number of hydrogen-bond acceptors (Lipinski definition) is 3. The lowest BCUT2D eigenvalue weighted by molar-refractivity contribution is -0.137. The van der Waals surface area contributed by atoms with Gasteiger partial charge in [-0.05, 0) is 12.1 Å². The molecule has 21 heavy (non-hydrogen) atoms. The summed E-state index contributed by atoms with van der Waals surface area (Å²) in [6.45, 7) is 0. The van der Waals surface area contributed by atoms with Crippen molar-refractivity contribution in [2.45, 2.75) is 12.6 Å². The lowest BCUT2D eigenvalue weighted by Crippen LogP contribution is -2.10. The van der Waals surface area contributed by atoms with Gasteiger partial charge in [-0.25, -0.2) is 4.79 Å². The maximum absolute atomic E-state index is 12.1. The summed E-state index contributed by atoms with van der Waals surface area (Å²) in [5.74, 6) is 0.197. The van der Waals surface area contributed by atoms with Crippen LogP contribution in [0.1, 0.15) is 12.0 Å². The van der Waals surface area contributed by atoms with E-state index >= 15 is 0 Å². The number of carbonyl (C=O) groups is 2. The summed E-state index contributed by atoms with van der Waals surface area (Å²) in [4.78, 5) is 23.7. The highest BCUT2D eigenvalue weighted by Crippen LogP contribution is 2.29. The van der Waals surface area contributed by atoms with Gasteiger partial charge in [-0.2, -0.15) is 13.2 Å². The standard InChI is InChI=1S/C7H5F3N2O2.C6H6O/c8-7(9,10)4-1-5(3-11-2-4)12-6(13)14;7-6-4-2-1-3-5-6/h1-3,12H,(H,13,14);1-4H,5H2. The second kappa shape index (κ2) is 7.22. The Morgan fingerprint density at radius 3 is 2.43 bits per heavy atom. The van der Waals surface area contributed by atoms with Crippen LogP contribution in [0.2, 0.25) is 0 Å². The number of amides is 1. The molecule has 1 aliphatic carbocycles. The van der Waals surface area contributed by atoms with Crippen molar-refractivity contribution in [3.8, 4) is 0 Å². The predicted octanol–water partition coefficient (Wildman–Crippen LogP) is 3.26. The molecule has 0 saturated heterocycles. The molecule has 1 heterocycles. The monoisotopic (exact) mass is 300 g/mol. The first-order valence-corrected chi connectivity index (χ1v) is 5.67. The average molecular weight is 300 g/mol. The van der Waals surface area contributed by atoms with Gasteiger partial charge in [0.15, 0.2) is 5.78 Å². The van der Waals surface area contributed by atoms with Crippen molar-refractivity contribution < 1.29 is 27.9 Å². The zero-order chi connectivity index (χ0) is 15.9. The summed E-state index contributed by atoms with van der Waals surface area (Å²) in [7, 11) is 0. The Morgan fingerprint density at radius 1 is 1.29 bits per heavy atom. The van der Waals surface area contributed by atoms with Crippen molar-refractivity contribution in [3.05, 3.63) is 48.3 Å². The minimum Gasteiger partial charge on any atom is -0.465 e. The zero-order valence-electron chi connectivity index (χ0n) is 10.6. The lowest BCUT2D eigenvalue weighted by atomic mass is 10.2. The Bertz CT molecular complexity index is 580. The van der Waals surface area contributed by atoms with E-state index in [4.69, 9.17) is 5.11 Å². The van der Waals surface area contributed by atoms with E-state index in [0.29, 0.717) is 18.7 Å². The number of rotatable bonds is 1. The van der Waals surface area contributed by atoms with Gasteiger partial charge in [0.05, 0.1) is 17.4 Å². The van der Waals surface area contributed by atoms with Crippen molar-refractivity contribution in [3.63, 3.8) is 0 Å². The number of aromatic nitrogens is 1. The molecule has 1 aliphatic rings. The van der Waals surface area contributed by atoms with Crippen LogP contribution in [0.3, 0.4) is 0 Å². The van der Waals surface area contributed by atoms with Gasteiger partial charge in [0, 0.05) is 12.6 Å². The van der Waals surface area contributed by atoms with Crippen molar-refractivity contribution in [2.24, 2.45) is 0 Å². The molecule has 2 rings (SSSR count). The third-order valence-electron chi connectivity index (χ3n) is 2.17. The highest BCUT2D eigenvalue weighted by Gasteiger charge is 2.31. The maximum Gasteiger partial charge on any atom is 0.417 e. The van der Waals surface area contributed by atoms with Crippen molar-refractivity contribution >= 4 is 17.6 Å². The smallest absolute Gasteiger partial charge is 0.417 e. The Labute approximate surface area is 117 Å². The molecule has 0 saturated carbocycles. The maximum atomic E-state index is 12.1. The molecule has 112 valence electrons. The molecule has 2 N–H and O–H groups in total. The number of carbonyl (C=O) groups excluding carboxylic acids is 1. The Balaban J connectivity index is 0.000000262. The van der Waals surface area contributed by atoms with Crippen molar-refractivity contribution in [2.75, 3.05) is 5.32 Å². The molecule has 8 heteroatoms. The van der Waals surface area contributed by atoms with Crippen LogP contribution in [-0.2, 0) is 11.0 Å². The van der Waals surface area contributed by atoms with Crippen LogP contribution in [0.4, 0.5) is 23.7 Å². The van der Waals surface area contributed by atoms with Gasteiger partial charge < -0.3 is 5.11 Å². The number of nitrogens with zero attached hydrogens (tertiary/aromatic N) is 1. The SMILES string of the molecule is O=C(O)Nc1cncc(C(F)(F)F)c1.O=C1C=CC=CC1. The number of allylic oxidation sites excluding steroid dienone is 4. The Kier molecular flexibility index (Phi) is 5.65. The fourth-order valence-corrected chi connectivity index (χ4v) is 1.28. The number of nitrogens with one attached hydrogen (secondary N) is 1. The molecule has 0 radical (unpaired) electrons. The molecule has 0 aliphatic heterocycles. The molecule has 1 amide bonds. The second-order valence-electron chi connectivity index (χ2n) is 3.85. The van der Waals surface area contributed by atoms with E-state index in [1.165, 1.54) is 0 Å². The van der Waals surface area contributed by atoms with Gasteiger partial charge in [0.1, 0.15) is 0 Å². The Morgan fingerprint density at radius 2 is 2.00 bits per heavy atom. The van der Waals surface area contributed by atoms with Gasteiger partial charge in [0.2, 0.25) is 0 Å². The molecular formula is C13H11F3N2O3. The lowest BCUT2D eigenvalue weighted by Gasteiger charge is -2.07. The molecule has 0 unspecified atom stereocenters. The Hall–Kier alpha value is -2.64.